The van der Waals surface area contributed by atoms with Gasteiger partial charge in [-0.2, -0.15) is 0 Å². The number of rotatable bonds is 6. The molecule has 0 spiro atoms. The summed E-state index contributed by atoms with van der Waals surface area (Å²) < 4.78 is 0. The lowest BCUT2D eigenvalue weighted by Crippen LogP contribution is -2.37. The van der Waals surface area contributed by atoms with Crippen LogP contribution >= 0.6 is 0 Å². The maximum atomic E-state index is 12.2. The van der Waals surface area contributed by atoms with Gasteiger partial charge in [0.15, 0.2) is 5.78 Å². The Hall–Kier alpha value is -1.19. The summed E-state index contributed by atoms with van der Waals surface area (Å²) in [6.45, 7) is 5.33. The molecule has 1 heterocycles. The molecule has 110 valence electrons. The first-order valence-corrected chi connectivity index (χ1v) is 7.62. The van der Waals surface area contributed by atoms with Crippen molar-refractivity contribution in [2.45, 2.75) is 32.6 Å². The minimum absolute atomic E-state index is 0.249. The summed E-state index contributed by atoms with van der Waals surface area (Å²) in [5.41, 5.74) is 1.93. The lowest BCUT2D eigenvalue weighted by Gasteiger charge is -2.31. The highest BCUT2D eigenvalue weighted by Gasteiger charge is 2.19. The zero-order valence-corrected chi connectivity index (χ0v) is 12.3. The summed E-state index contributed by atoms with van der Waals surface area (Å²) in [7, 11) is 0. The molecule has 1 N–H and O–H groups in total. The summed E-state index contributed by atoms with van der Waals surface area (Å²) in [6, 6.07) is 7.80. The lowest BCUT2D eigenvalue weighted by molar-refractivity contribution is 0.0954. The van der Waals surface area contributed by atoms with E-state index in [2.05, 4.69) is 4.90 Å². The number of nitrogens with zero attached hydrogens (tertiary/aromatic N) is 1. The maximum Gasteiger partial charge on any atom is 0.163 e. The Balaban J connectivity index is 1.76. The molecule has 1 fully saturated rings. The van der Waals surface area contributed by atoms with Crippen LogP contribution in [0.5, 0.6) is 0 Å². The summed E-state index contributed by atoms with van der Waals surface area (Å²) in [4.78, 5) is 14.6. The minimum Gasteiger partial charge on any atom is -0.396 e. The van der Waals surface area contributed by atoms with Crippen molar-refractivity contribution in [1.82, 2.24) is 4.90 Å². The fourth-order valence-corrected chi connectivity index (χ4v) is 2.99. The van der Waals surface area contributed by atoms with Gasteiger partial charge >= 0.3 is 0 Å². The number of aryl methyl sites for hydroxylation is 1. The van der Waals surface area contributed by atoms with Gasteiger partial charge in [-0.05, 0) is 50.8 Å². The number of piperidine rings is 1. The molecule has 3 nitrogen and oxygen atoms in total. The second kappa shape index (κ2) is 7.55. The van der Waals surface area contributed by atoms with Crippen molar-refractivity contribution < 1.29 is 9.90 Å². The first kappa shape index (κ1) is 15.2. The van der Waals surface area contributed by atoms with Crippen molar-refractivity contribution in [2.75, 3.05) is 26.2 Å². The van der Waals surface area contributed by atoms with Crippen LogP contribution in [0.1, 0.15) is 41.6 Å². The largest absolute Gasteiger partial charge is 0.396 e. The van der Waals surface area contributed by atoms with Crippen LogP contribution in [0.3, 0.4) is 0 Å². The monoisotopic (exact) mass is 275 g/mol. The SMILES string of the molecule is Cc1ccccc1C(=O)CCCN1CCCC(CO)C1. The normalized spacial score (nSPS) is 20.0. The van der Waals surface area contributed by atoms with Crippen LogP contribution in [0.2, 0.25) is 0 Å². The van der Waals surface area contributed by atoms with Crippen molar-refractivity contribution in [3.05, 3.63) is 35.4 Å². The highest BCUT2D eigenvalue weighted by molar-refractivity contribution is 5.97. The number of Topliss-reactive ketones (excluding diaryl/α,β-unsaturated/α-hetero) is 1. The van der Waals surface area contributed by atoms with Gasteiger partial charge in [-0.25, -0.2) is 0 Å². The number of aliphatic hydroxyl groups is 1. The van der Waals surface area contributed by atoms with Gasteiger partial charge in [0.1, 0.15) is 0 Å². The average Bonchev–Trinajstić information content (AvgIpc) is 2.48. The van der Waals surface area contributed by atoms with Crippen molar-refractivity contribution in [3.8, 4) is 0 Å². The van der Waals surface area contributed by atoms with Crippen molar-refractivity contribution in [1.29, 1.82) is 0 Å². The second-order valence-corrected chi connectivity index (χ2v) is 5.83. The number of hydrogen-bond acceptors (Lipinski definition) is 3. The first-order chi connectivity index (χ1) is 9.70. The van der Waals surface area contributed by atoms with Crippen LogP contribution in [0.4, 0.5) is 0 Å². The Morgan fingerprint density at radius 3 is 2.95 bits per heavy atom. The summed E-state index contributed by atoms with van der Waals surface area (Å²) in [5.74, 6) is 0.676. The lowest BCUT2D eigenvalue weighted by atomic mass is 9.98. The molecule has 0 amide bonds. The van der Waals surface area contributed by atoms with E-state index in [1.807, 2.05) is 31.2 Å². The fraction of sp³-hybridized carbons (Fsp3) is 0.588. The van der Waals surface area contributed by atoms with Crippen LogP contribution in [-0.4, -0.2) is 42.0 Å². The van der Waals surface area contributed by atoms with E-state index in [4.69, 9.17) is 0 Å². The summed E-state index contributed by atoms with van der Waals surface area (Å²) in [6.07, 6.45) is 3.82. The smallest absolute Gasteiger partial charge is 0.163 e. The van der Waals surface area contributed by atoms with E-state index in [9.17, 15) is 9.90 Å². The molecular formula is C17H25NO2. The highest BCUT2D eigenvalue weighted by Crippen LogP contribution is 2.17. The van der Waals surface area contributed by atoms with Crippen LogP contribution in [0, 0.1) is 12.8 Å². The third-order valence-electron chi connectivity index (χ3n) is 4.18. The van der Waals surface area contributed by atoms with Gasteiger partial charge in [0.2, 0.25) is 0 Å². The van der Waals surface area contributed by atoms with E-state index in [1.54, 1.807) is 0 Å². The number of benzene rings is 1. The van der Waals surface area contributed by atoms with E-state index in [0.29, 0.717) is 18.9 Å². The van der Waals surface area contributed by atoms with E-state index in [1.165, 1.54) is 0 Å². The molecule has 3 heteroatoms. The average molecular weight is 275 g/mol. The predicted octanol–water partition coefficient (Wildman–Crippen LogP) is 2.66. The quantitative estimate of drug-likeness (QED) is 0.811. The molecule has 0 radical (unpaired) electrons. The molecule has 1 aliphatic heterocycles. The molecule has 1 unspecified atom stereocenters. The molecule has 0 bridgehead atoms. The zero-order valence-electron chi connectivity index (χ0n) is 12.3. The van der Waals surface area contributed by atoms with Gasteiger partial charge in [-0.15, -0.1) is 0 Å². The number of likely N-dealkylation sites (tertiary alicyclic amines) is 1. The second-order valence-electron chi connectivity index (χ2n) is 5.83. The molecule has 1 aromatic rings. The van der Waals surface area contributed by atoms with Crippen LogP contribution in [0.25, 0.3) is 0 Å². The predicted molar refractivity (Wildman–Crippen MR) is 81.0 cm³/mol. The van der Waals surface area contributed by atoms with Gasteiger partial charge < -0.3 is 10.0 Å². The zero-order chi connectivity index (χ0) is 14.4. The molecule has 0 aromatic heterocycles. The third kappa shape index (κ3) is 4.15. The molecule has 2 rings (SSSR count). The van der Waals surface area contributed by atoms with Crippen LogP contribution in [-0.2, 0) is 0 Å². The van der Waals surface area contributed by atoms with E-state index in [0.717, 1.165) is 50.0 Å². The molecule has 1 aliphatic rings. The molecule has 1 aromatic carbocycles. The fourth-order valence-electron chi connectivity index (χ4n) is 2.99. The number of ketones is 1. The Bertz CT molecular complexity index is 444. The summed E-state index contributed by atoms with van der Waals surface area (Å²) in [5, 5.41) is 9.22. The van der Waals surface area contributed by atoms with Crippen molar-refractivity contribution >= 4 is 5.78 Å². The summed E-state index contributed by atoms with van der Waals surface area (Å²) >= 11 is 0. The Morgan fingerprint density at radius 1 is 1.40 bits per heavy atom. The van der Waals surface area contributed by atoms with Crippen molar-refractivity contribution in [3.63, 3.8) is 0 Å². The van der Waals surface area contributed by atoms with E-state index in [-0.39, 0.29) is 5.78 Å². The highest BCUT2D eigenvalue weighted by atomic mass is 16.3. The first-order valence-electron chi connectivity index (χ1n) is 7.62. The third-order valence-corrected chi connectivity index (χ3v) is 4.18. The molecule has 0 saturated carbocycles. The van der Waals surface area contributed by atoms with Gasteiger partial charge in [0, 0.05) is 25.1 Å². The van der Waals surface area contributed by atoms with E-state index >= 15 is 0 Å². The molecule has 20 heavy (non-hydrogen) atoms. The standard InChI is InChI=1S/C17H25NO2/c1-14-6-2-3-8-16(14)17(20)9-5-11-18-10-4-7-15(12-18)13-19/h2-3,6,8,15,19H,4-5,7,9-13H2,1H3. The minimum atomic E-state index is 0.249. The maximum absolute atomic E-state index is 12.2. The number of hydrogen-bond donors (Lipinski definition) is 1. The van der Waals surface area contributed by atoms with Gasteiger partial charge in [0.25, 0.3) is 0 Å². The van der Waals surface area contributed by atoms with Gasteiger partial charge in [-0.1, -0.05) is 24.3 Å². The van der Waals surface area contributed by atoms with Crippen LogP contribution in [0.15, 0.2) is 24.3 Å². The number of carbonyl (C=O) groups excluding carboxylic acids is 1. The van der Waals surface area contributed by atoms with Crippen LogP contribution < -0.4 is 0 Å². The van der Waals surface area contributed by atoms with E-state index < -0.39 is 0 Å². The van der Waals surface area contributed by atoms with Crippen molar-refractivity contribution in [2.24, 2.45) is 5.92 Å². The molecule has 0 aliphatic carbocycles. The Labute approximate surface area is 121 Å². The Morgan fingerprint density at radius 2 is 2.20 bits per heavy atom. The number of aliphatic hydroxyl groups excluding tert-OH is 1. The van der Waals surface area contributed by atoms with Gasteiger partial charge in [-0.3, -0.25) is 4.79 Å². The topological polar surface area (TPSA) is 40.5 Å². The molecule has 1 saturated heterocycles. The molecule has 1 atom stereocenters. The Kier molecular flexibility index (Phi) is 5.74. The molecular weight excluding hydrogens is 250 g/mol. The number of carbonyl (C=O) groups is 1. The van der Waals surface area contributed by atoms with Gasteiger partial charge in [0.05, 0.1) is 0 Å².